The van der Waals surface area contributed by atoms with Gasteiger partial charge in [-0.1, -0.05) is 29.3 Å². The van der Waals surface area contributed by atoms with Gasteiger partial charge in [0.15, 0.2) is 5.76 Å². The van der Waals surface area contributed by atoms with Gasteiger partial charge in [-0.3, -0.25) is 9.59 Å². The second kappa shape index (κ2) is 6.02. The van der Waals surface area contributed by atoms with E-state index in [1.54, 1.807) is 30.3 Å². The van der Waals surface area contributed by atoms with Gasteiger partial charge in [-0.05, 0) is 41.5 Å². The van der Waals surface area contributed by atoms with E-state index >= 15 is 0 Å². The van der Waals surface area contributed by atoms with Crippen LogP contribution >= 0.6 is 23.2 Å². The summed E-state index contributed by atoms with van der Waals surface area (Å²) in [5, 5.41) is 0.750. The van der Waals surface area contributed by atoms with E-state index in [1.165, 1.54) is 12.3 Å². The second-order valence-electron chi connectivity index (χ2n) is 4.87. The maximum atomic E-state index is 12.3. The predicted octanol–water partition coefficient (Wildman–Crippen LogP) is 3.10. The highest BCUT2D eigenvalue weighted by Crippen LogP contribution is 2.34. The Balaban J connectivity index is 2.17. The first-order valence-electron chi connectivity index (χ1n) is 6.60. The smallest absolute Gasteiger partial charge is 0.263 e. The Hall–Kier alpha value is -2.37. The summed E-state index contributed by atoms with van der Waals surface area (Å²) in [5.74, 6) is -2.25. The molecule has 0 spiro atoms. The number of benzene rings is 1. The number of aliphatic imine (C=N–C) groups is 1. The Bertz CT molecular complexity index is 854. The fourth-order valence-electron chi connectivity index (χ4n) is 2.36. The molecule has 3 rings (SSSR count). The minimum Gasteiger partial charge on any atom is -0.463 e. The molecule has 0 radical (unpaired) electrons. The van der Waals surface area contributed by atoms with Crippen molar-refractivity contribution in [3.63, 3.8) is 0 Å². The van der Waals surface area contributed by atoms with Crippen molar-refractivity contribution in [2.24, 2.45) is 16.6 Å². The largest absolute Gasteiger partial charge is 0.463 e. The van der Waals surface area contributed by atoms with Crippen molar-refractivity contribution in [3.8, 4) is 0 Å². The SMILES string of the molecule is NC(=O)C1C(=O)N=C(c2ccco2)C=C1c1ccc(Cl)cc1Cl. The average molecular weight is 349 g/mol. The zero-order valence-electron chi connectivity index (χ0n) is 11.6. The van der Waals surface area contributed by atoms with E-state index in [0.717, 1.165) is 0 Å². The number of dihydropyridines is 1. The van der Waals surface area contributed by atoms with E-state index in [1.807, 2.05) is 0 Å². The third-order valence-electron chi connectivity index (χ3n) is 3.38. The molecule has 0 saturated heterocycles. The number of carbonyl (C=O) groups excluding carboxylic acids is 2. The molecule has 1 aliphatic rings. The molecule has 5 nitrogen and oxygen atoms in total. The highest BCUT2D eigenvalue weighted by Gasteiger charge is 2.34. The molecule has 7 heteroatoms. The van der Waals surface area contributed by atoms with Crippen LogP contribution in [0.2, 0.25) is 10.0 Å². The van der Waals surface area contributed by atoms with Gasteiger partial charge in [0.1, 0.15) is 11.6 Å². The van der Waals surface area contributed by atoms with Crippen LogP contribution in [0.1, 0.15) is 11.3 Å². The van der Waals surface area contributed by atoms with Gasteiger partial charge in [0.25, 0.3) is 5.91 Å². The first kappa shape index (κ1) is 15.5. The van der Waals surface area contributed by atoms with E-state index in [4.69, 9.17) is 33.4 Å². The molecular weight excluding hydrogens is 339 g/mol. The highest BCUT2D eigenvalue weighted by atomic mass is 35.5. The fraction of sp³-hybridized carbons (Fsp3) is 0.0625. The van der Waals surface area contributed by atoms with Crippen molar-refractivity contribution in [3.05, 3.63) is 64.0 Å². The van der Waals surface area contributed by atoms with Crippen molar-refractivity contribution >= 4 is 46.3 Å². The number of nitrogens with two attached hydrogens (primary N) is 1. The summed E-state index contributed by atoms with van der Waals surface area (Å²) < 4.78 is 5.25. The Morgan fingerprint density at radius 1 is 1.26 bits per heavy atom. The molecular formula is C16H10Cl2N2O3. The average Bonchev–Trinajstić information content (AvgIpc) is 3.00. The lowest BCUT2D eigenvalue weighted by atomic mass is 9.87. The molecule has 23 heavy (non-hydrogen) atoms. The zero-order valence-corrected chi connectivity index (χ0v) is 13.1. The Morgan fingerprint density at radius 3 is 2.65 bits per heavy atom. The molecule has 116 valence electrons. The molecule has 0 bridgehead atoms. The van der Waals surface area contributed by atoms with Crippen molar-refractivity contribution < 1.29 is 14.0 Å². The van der Waals surface area contributed by atoms with Gasteiger partial charge in [-0.25, -0.2) is 4.99 Å². The second-order valence-corrected chi connectivity index (χ2v) is 5.72. The van der Waals surface area contributed by atoms with Crippen LogP contribution in [-0.4, -0.2) is 17.5 Å². The summed E-state index contributed by atoms with van der Waals surface area (Å²) in [6.07, 6.45) is 3.04. The number of hydrogen-bond acceptors (Lipinski definition) is 3. The molecule has 2 heterocycles. The molecule has 0 aliphatic carbocycles. The van der Waals surface area contributed by atoms with Gasteiger partial charge in [0.05, 0.1) is 6.26 Å². The van der Waals surface area contributed by atoms with E-state index in [2.05, 4.69) is 4.99 Å². The lowest BCUT2D eigenvalue weighted by Gasteiger charge is -2.20. The van der Waals surface area contributed by atoms with Gasteiger partial charge in [-0.2, -0.15) is 0 Å². The molecule has 1 atom stereocenters. The predicted molar refractivity (Wildman–Crippen MR) is 87.4 cm³/mol. The third kappa shape index (κ3) is 2.93. The molecule has 2 aromatic rings. The molecule has 1 aromatic carbocycles. The lowest BCUT2D eigenvalue weighted by molar-refractivity contribution is -0.129. The van der Waals surface area contributed by atoms with Crippen LogP contribution in [0.4, 0.5) is 0 Å². The van der Waals surface area contributed by atoms with E-state index in [0.29, 0.717) is 32.7 Å². The first-order chi connectivity index (χ1) is 11.0. The van der Waals surface area contributed by atoms with E-state index < -0.39 is 17.7 Å². The summed E-state index contributed by atoms with van der Waals surface area (Å²) in [6, 6.07) is 8.11. The molecule has 2 amide bonds. The Morgan fingerprint density at radius 2 is 2.04 bits per heavy atom. The van der Waals surface area contributed by atoms with Crippen molar-refractivity contribution in [1.82, 2.24) is 0 Å². The maximum absolute atomic E-state index is 12.3. The van der Waals surface area contributed by atoms with E-state index in [-0.39, 0.29) is 0 Å². The fourth-order valence-corrected chi connectivity index (χ4v) is 2.88. The van der Waals surface area contributed by atoms with Crippen LogP contribution in [0.5, 0.6) is 0 Å². The number of rotatable bonds is 3. The van der Waals surface area contributed by atoms with Crippen LogP contribution < -0.4 is 5.73 Å². The minimum absolute atomic E-state index is 0.304. The van der Waals surface area contributed by atoms with Gasteiger partial charge in [0, 0.05) is 10.0 Å². The van der Waals surface area contributed by atoms with Gasteiger partial charge >= 0.3 is 0 Å². The van der Waals surface area contributed by atoms with Crippen molar-refractivity contribution in [2.75, 3.05) is 0 Å². The van der Waals surface area contributed by atoms with Crippen LogP contribution in [0, 0.1) is 5.92 Å². The topological polar surface area (TPSA) is 85.7 Å². The molecule has 1 aromatic heterocycles. The summed E-state index contributed by atoms with van der Waals surface area (Å²) in [7, 11) is 0. The molecule has 2 N–H and O–H groups in total. The van der Waals surface area contributed by atoms with E-state index in [9.17, 15) is 9.59 Å². The Kier molecular flexibility index (Phi) is 4.07. The number of halogens is 2. The number of primary amides is 1. The number of carbonyl (C=O) groups is 2. The highest BCUT2D eigenvalue weighted by molar-refractivity contribution is 6.36. The summed E-state index contributed by atoms with van der Waals surface area (Å²) >= 11 is 12.1. The lowest BCUT2D eigenvalue weighted by Crippen LogP contribution is -2.33. The third-order valence-corrected chi connectivity index (χ3v) is 3.93. The maximum Gasteiger partial charge on any atom is 0.263 e. The van der Waals surface area contributed by atoms with Gasteiger partial charge in [-0.15, -0.1) is 0 Å². The number of furan rings is 1. The number of nitrogens with zero attached hydrogens (tertiary/aromatic N) is 1. The summed E-state index contributed by atoms with van der Waals surface area (Å²) in [4.78, 5) is 27.9. The van der Waals surface area contributed by atoms with Crippen LogP contribution in [0.15, 0.2) is 52.1 Å². The standard InChI is InChI=1S/C16H10Cl2N2O3/c17-8-3-4-9(11(18)6-8)10-7-12(13-2-1-5-23-13)20-16(22)14(10)15(19)21/h1-7,14H,(H2,19,21). The van der Waals surface area contributed by atoms with Crippen LogP contribution in [0.3, 0.4) is 0 Å². The monoisotopic (exact) mass is 348 g/mol. The zero-order chi connectivity index (χ0) is 16.6. The number of hydrogen-bond donors (Lipinski definition) is 1. The summed E-state index contributed by atoms with van der Waals surface area (Å²) in [5.41, 5.74) is 6.53. The Labute approximate surface area is 141 Å². The molecule has 0 fully saturated rings. The van der Waals surface area contributed by atoms with Gasteiger partial charge < -0.3 is 10.2 Å². The van der Waals surface area contributed by atoms with Crippen molar-refractivity contribution in [1.29, 1.82) is 0 Å². The number of amides is 2. The van der Waals surface area contributed by atoms with Crippen molar-refractivity contribution in [2.45, 2.75) is 0 Å². The summed E-state index contributed by atoms with van der Waals surface area (Å²) in [6.45, 7) is 0. The normalized spacial score (nSPS) is 17.7. The minimum atomic E-state index is -1.20. The molecule has 0 saturated carbocycles. The van der Waals surface area contributed by atoms with Crippen LogP contribution in [-0.2, 0) is 9.59 Å². The quantitative estimate of drug-likeness (QED) is 0.864. The van der Waals surface area contributed by atoms with Crippen LogP contribution in [0.25, 0.3) is 5.57 Å². The number of allylic oxidation sites excluding steroid dienone is 1. The first-order valence-corrected chi connectivity index (χ1v) is 7.35. The molecule has 1 aliphatic heterocycles. The van der Waals surface area contributed by atoms with Gasteiger partial charge in [0.2, 0.25) is 5.91 Å². The molecule has 1 unspecified atom stereocenters.